The minimum Gasteiger partial charge on any atom is -0.387 e. The van der Waals surface area contributed by atoms with Crippen molar-refractivity contribution in [3.8, 4) is 0 Å². The number of rotatable bonds is 3. The fraction of sp³-hybridized carbons (Fsp3) is 0.500. The number of aliphatic hydroxyl groups excluding tert-OH is 1. The van der Waals surface area contributed by atoms with Crippen LogP contribution in [0.4, 0.5) is 0 Å². The molecule has 1 aromatic rings. The molecule has 0 spiro atoms. The van der Waals surface area contributed by atoms with E-state index >= 15 is 0 Å². The zero-order valence-corrected chi connectivity index (χ0v) is 11.9. The summed E-state index contributed by atoms with van der Waals surface area (Å²) in [6.07, 6.45) is 0.00680. The molecule has 0 radical (unpaired) electrons. The van der Waals surface area contributed by atoms with Crippen LogP contribution in [0.1, 0.15) is 29.7 Å². The Kier molecular flexibility index (Phi) is 4.23. The van der Waals surface area contributed by atoms with Gasteiger partial charge >= 0.3 is 0 Å². The van der Waals surface area contributed by atoms with Gasteiger partial charge in [-0.3, -0.25) is 0 Å². The van der Waals surface area contributed by atoms with Crippen molar-refractivity contribution in [2.45, 2.75) is 32.1 Å². The molecule has 0 amide bonds. The van der Waals surface area contributed by atoms with Gasteiger partial charge < -0.3 is 5.11 Å². The van der Waals surface area contributed by atoms with Crippen LogP contribution in [-0.4, -0.2) is 25.0 Å². The van der Waals surface area contributed by atoms with Gasteiger partial charge in [0, 0.05) is 16.8 Å². The molecule has 5 heteroatoms. The maximum absolute atomic E-state index is 11.4. The lowest BCUT2D eigenvalue weighted by Crippen LogP contribution is -2.24. The Labute approximate surface area is 107 Å². The number of aryl methyl sites for hydroxylation is 2. The molecule has 3 nitrogen and oxygen atoms in total. The third-order valence-corrected chi connectivity index (χ3v) is 4.99. The molecule has 0 bridgehead atoms. The highest BCUT2D eigenvalue weighted by Crippen LogP contribution is 2.30. The van der Waals surface area contributed by atoms with Crippen LogP contribution in [0.3, 0.4) is 0 Å². The Morgan fingerprint density at radius 2 is 1.71 bits per heavy atom. The molecule has 0 aliphatic rings. The SMILES string of the molecule is Cc1cc(Cl)c(C(O)C(C)S(C)(=O)=O)cc1C. The summed E-state index contributed by atoms with van der Waals surface area (Å²) in [5.74, 6) is 0. The van der Waals surface area contributed by atoms with Gasteiger partial charge in [-0.2, -0.15) is 0 Å². The quantitative estimate of drug-likeness (QED) is 0.922. The maximum atomic E-state index is 11.4. The van der Waals surface area contributed by atoms with Crippen LogP contribution in [0.5, 0.6) is 0 Å². The van der Waals surface area contributed by atoms with Gasteiger partial charge in [-0.05, 0) is 38.0 Å². The zero-order valence-electron chi connectivity index (χ0n) is 10.4. The maximum Gasteiger partial charge on any atom is 0.152 e. The summed E-state index contributed by atoms with van der Waals surface area (Å²) in [7, 11) is -3.30. The fourth-order valence-corrected chi connectivity index (χ4v) is 2.46. The van der Waals surface area contributed by atoms with Crippen LogP contribution < -0.4 is 0 Å². The highest BCUT2D eigenvalue weighted by molar-refractivity contribution is 7.91. The average Bonchev–Trinajstić information content (AvgIpc) is 2.20. The summed E-state index contributed by atoms with van der Waals surface area (Å²) in [5.41, 5.74) is 2.45. The monoisotopic (exact) mass is 276 g/mol. The highest BCUT2D eigenvalue weighted by atomic mass is 35.5. The van der Waals surface area contributed by atoms with E-state index in [1.807, 2.05) is 13.8 Å². The van der Waals surface area contributed by atoms with Crippen LogP contribution in [0.15, 0.2) is 12.1 Å². The zero-order chi connectivity index (χ0) is 13.4. The van der Waals surface area contributed by atoms with Crippen molar-refractivity contribution < 1.29 is 13.5 Å². The molecular weight excluding hydrogens is 260 g/mol. The first-order valence-electron chi connectivity index (χ1n) is 5.28. The molecule has 1 aromatic carbocycles. The van der Waals surface area contributed by atoms with Crippen molar-refractivity contribution >= 4 is 21.4 Å². The number of benzene rings is 1. The van der Waals surface area contributed by atoms with Gasteiger partial charge in [-0.25, -0.2) is 8.42 Å². The third kappa shape index (κ3) is 3.21. The smallest absolute Gasteiger partial charge is 0.152 e. The largest absolute Gasteiger partial charge is 0.387 e. The summed E-state index contributed by atoms with van der Waals surface area (Å²) in [6, 6.07) is 3.48. The van der Waals surface area contributed by atoms with E-state index in [2.05, 4.69) is 0 Å². The van der Waals surface area contributed by atoms with Gasteiger partial charge in [0.2, 0.25) is 0 Å². The fourth-order valence-electron chi connectivity index (χ4n) is 1.52. The lowest BCUT2D eigenvalue weighted by atomic mass is 10.0. The first kappa shape index (κ1) is 14.5. The molecule has 0 aliphatic heterocycles. The number of sulfone groups is 1. The Morgan fingerprint density at radius 3 is 2.18 bits per heavy atom. The molecule has 0 heterocycles. The van der Waals surface area contributed by atoms with Gasteiger partial charge in [0.1, 0.15) is 0 Å². The van der Waals surface area contributed by atoms with Crippen molar-refractivity contribution in [1.82, 2.24) is 0 Å². The lowest BCUT2D eigenvalue weighted by molar-refractivity contribution is 0.176. The van der Waals surface area contributed by atoms with Gasteiger partial charge in [-0.15, -0.1) is 0 Å². The van der Waals surface area contributed by atoms with E-state index in [1.54, 1.807) is 12.1 Å². The number of hydrogen-bond acceptors (Lipinski definition) is 3. The molecular formula is C12H17ClO3S. The average molecular weight is 277 g/mol. The molecule has 17 heavy (non-hydrogen) atoms. The van der Waals surface area contributed by atoms with Gasteiger partial charge in [0.15, 0.2) is 9.84 Å². The van der Waals surface area contributed by atoms with E-state index < -0.39 is 21.2 Å². The minimum atomic E-state index is -3.30. The summed E-state index contributed by atoms with van der Waals surface area (Å²) in [5, 5.41) is 9.58. The Morgan fingerprint density at radius 1 is 1.24 bits per heavy atom. The predicted molar refractivity (Wildman–Crippen MR) is 70.2 cm³/mol. The normalized spacial score (nSPS) is 15.6. The Balaban J connectivity index is 3.22. The molecule has 2 unspecified atom stereocenters. The van der Waals surface area contributed by atoms with E-state index in [9.17, 15) is 13.5 Å². The molecule has 0 fully saturated rings. The summed E-state index contributed by atoms with van der Waals surface area (Å²) in [6.45, 7) is 5.29. The molecule has 1 N–H and O–H groups in total. The van der Waals surface area contributed by atoms with E-state index in [-0.39, 0.29) is 0 Å². The van der Waals surface area contributed by atoms with Crippen molar-refractivity contribution in [2.24, 2.45) is 0 Å². The minimum absolute atomic E-state index is 0.399. The van der Waals surface area contributed by atoms with Crippen LogP contribution in [0.2, 0.25) is 5.02 Å². The molecule has 96 valence electrons. The molecule has 1 rings (SSSR count). The molecule has 0 saturated heterocycles. The van der Waals surface area contributed by atoms with Crippen molar-refractivity contribution in [3.05, 3.63) is 33.8 Å². The second kappa shape index (κ2) is 4.96. The van der Waals surface area contributed by atoms with Gasteiger partial charge in [-0.1, -0.05) is 17.7 Å². The third-order valence-electron chi connectivity index (χ3n) is 3.05. The second-order valence-electron chi connectivity index (χ2n) is 4.44. The lowest BCUT2D eigenvalue weighted by Gasteiger charge is -2.19. The van der Waals surface area contributed by atoms with E-state index in [0.717, 1.165) is 17.4 Å². The number of hydrogen-bond donors (Lipinski definition) is 1. The topological polar surface area (TPSA) is 54.4 Å². The standard InChI is InChI=1S/C12H17ClO3S/c1-7-5-10(11(13)6-8(7)2)12(14)9(3)17(4,15)16/h5-6,9,12,14H,1-4H3. The number of aliphatic hydroxyl groups is 1. The second-order valence-corrected chi connectivity index (χ2v) is 7.25. The molecule has 0 aliphatic carbocycles. The molecule has 2 atom stereocenters. The van der Waals surface area contributed by atoms with Crippen molar-refractivity contribution in [3.63, 3.8) is 0 Å². The summed E-state index contributed by atoms with van der Waals surface area (Å²) >= 11 is 6.04. The van der Waals surface area contributed by atoms with Gasteiger partial charge in [0.25, 0.3) is 0 Å². The molecule has 0 saturated carbocycles. The first-order valence-corrected chi connectivity index (χ1v) is 7.61. The van der Waals surface area contributed by atoms with E-state index in [4.69, 9.17) is 11.6 Å². The van der Waals surface area contributed by atoms with Crippen LogP contribution in [0.25, 0.3) is 0 Å². The van der Waals surface area contributed by atoms with Gasteiger partial charge in [0.05, 0.1) is 11.4 Å². The highest BCUT2D eigenvalue weighted by Gasteiger charge is 2.27. The summed E-state index contributed by atoms with van der Waals surface area (Å²) in [4.78, 5) is 0. The Bertz CT molecular complexity index is 523. The first-order chi connectivity index (χ1) is 7.64. The van der Waals surface area contributed by atoms with Crippen molar-refractivity contribution in [2.75, 3.05) is 6.26 Å². The summed E-state index contributed by atoms with van der Waals surface area (Å²) < 4.78 is 22.8. The molecule has 0 aromatic heterocycles. The number of halogens is 1. The Hall–Kier alpha value is -0.580. The van der Waals surface area contributed by atoms with Crippen LogP contribution in [-0.2, 0) is 9.84 Å². The predicted octanol–water partition coefficient (Wildman–Crippen LogP) is 2.42. The van der Waals surface area contributed by atoms with Crippen LogP contribution >= 0.6 is 11.6 Å². The van der Waals surface area contributed by atoms with Crippen molar-refractivity contribution in [1.29, 1.82) is 0 Å². The van der Waals surface area contributed by atoms with Crippen LogP contribution in [0, 0.1) is 13.8 Å². The van der Waals surface area contributed by atoms with E-state index in [0.29, 0.717) is 10.6 Å². The van der Waals surface area contributed by atoms with E-state index in [1.165, 1.54) is 6.92 Å².